The molecule has 2 aromatic rings. The molecule has 0 aromatic heterocycles. The first-order valence-electron chi connectivity index (χ1n) is 9.42. The number of fused-ring (bicyclic) bond motifs is 1. The minimum Gasteiger partial charge on any atom is -0.491 e. The second-order valence-corrected chi connectivity index (χ2v) is 6.74. The molecule has 0 saturated carbocycles. The smallest absolute Gasteiger partial charge is 0.232 e. The second kappa shape index (κ2) is 8.55. The number of ether oxygens (including phenoxy) is 3. The number of carbonyl (C=O) groups excluding carboxylic acids is 2. The van der Waals surface area contributed by atoms with Crippen molar-refractivity contribution >= 4 is 11.6 Å². The quantitative estimate of drug-likeness (QED) is 0.747. The molecule has 0 amide bonds. The molecule has 29 heavy (non-hydrogen) atoms. The number of hydrogen-bond acceptors (Lipinski definition) is 6. The van der Waals surface area contributed by atoms with Crippen LogP contribution in [0.4, 0.5) is 4.39 Å². The Bertz CT molecular complexity index is 948. The summed E-state index contributed by atoms with van der Waals surface area (Å²) >= 11 is 0. The van der Waals surface area contributed by atoms with Crippen LogP contribution in [0.25, 0.3) is 0 Å². The molecule has 0 spiro atoms. The van der Waals surface area contributed by atoms with Crippen molar-refractivity contribution in [3.8, 4) is 11.5 Å². The van der Waals surface area contributed by atoms with Crippen molar-refractivity contribution in [3.05, 3.63) is 71.2 Å². The van der Waals surface area contributed by atoms with Crippen molar-refractivity contribution in [3.63, 3.8) is 0 Å². The Kier molecular flexibility index (Phi) is 5.69. The van der Waals surface area contributed by atoms with Crippen molar-refractivity contribution in [1.82, 2.24) is 4.90 Å². The second-order valence-electron chi connectivity index (χ2n) is 6.74. The molecule has 4 rings (SSSR count). The summed E-state index contributed by atoms with van der Waals surface area (Å²) in [7, 11) is 0. The first-order chi connectivity index (χ1) is 14.1. The molecule has 150 valence electrons. The zero-order valence-electron chi connectivity index (χ0n) is 15.7. The van der Waals surface area contributed by atoms with Gasteiger partial charge in [0.25, 0.3) is 0 Å². The zero-order valence-corrected chi connectivity index (χ0v) is 15.7. The number of carbonyl (C=O) groups is 2. The highest BCUT2D eigenvalue weighted by molar-refractivity contribution is 6.25. The summed E-state index contributed by atoms with van der Waals surface area (Å²) < 4.78 is 29.8. The fraction of sp³-hybridized carbons (Fsp3) is 0.273. The Balaban J connectivity index is 1.50. The SMILES string of the molecule is O=C1C=C(Oc2ccc(F)cc2)C(=O)c2c(OCCN3CCOCC3)cccc21. The highest BCUT2D eigenvalue weighted by Crippen LogP contribution is 2.31. The number of halogens is 1. The molecule has 0 unspecified atom stereocenters. The Hall–Kier alpha value is -3.03. The maximum Gasteiger partial charge on any atom is 0.232 e. The van der Waals surface area contributed by atoms with E-state index in [0.29, 0.717) is 32.1 Å². The number of rotatable bonds is 6. The highest BCUT2D eigenvalue weighted by atomic mass is 19.1. The first kappa shape index (κ1) is 19.3. The van der Waals surface area contributed by atoms with E-state index in [1.165, 1.54) is 24.3 Å². The molecular weight excluding hydrogens is 377 g/mol. The molecule has 0 radical (unpaired) electrons. The number of hydrogen-bond donors (Lipinski definition) is 0. The summed E-state index contributed by atoms with van der Waals surface area (Å²) in [5.41, 5.74) is 0.476. The minimum absolute atomic E-state index is 0.113. The van der Waals surface area contributed by atoms with E-state index in [0.717, 1.165) is 19.2 Å². The van der Waals surface area contributed by atoms with Gasteiger partial charge in [0.1, 0.15) is 23.9 Å². The number of Topliss-reactive ketones (excluding diaryl/α,β-unsaturated/α-hetero) is 1. The van der Waals surface area contributed by atoms with Crippen molar-refractivity contribution in [2.75, 3.05) is 39.5 Å². The lowest BCUT2D eigenvalue weighted by atomic mass is 9.92. The predicted molar refractivity (Wildman–Crippen MR) is 103 cm³/mol. The van der Waals surface area contributed by atoms with Crippen molar-refractivity contribution in [1.29, 1.82) is 0 Å². The topological polar surface area (TPSA) is 65.1 Å². The monoisotopic (exact) mass is 397 g/mol. The van der Waals surface area contributed by atoms with Gasteiger partial charge in [0, 0.05) is 31.3 Å². The standard InChI is InChI=1S/C22H20FNO5/c23-15-4-6-16(7-5-15)29-20-14-18(25)17-2-1-3-19(21(17)22(20)26)28-13-10-24-8-11-27-12-9-24/h1-7,14H,8-13H2. The van der Waals surface area contributed by atoms with Gasteiger partial charge in [-0.05, 0) is 30.3 Å². The van der Waals surface area contributed by atoms with Gasteiger partial charge in [-0.1, -0.05) is 12.1 Å². The van der Waals surface area contributed by atoms with E-state index in [-0.39, 0.29) is 28.4 Å². The molecule has 0 atom stereocenters. The van der Waals surface area contributed by atoms with Crippen LogP contribution in [-0.4, -0.2) is 55.9 Å². The van der Waals surface area contributed by atoms with Crippen LogP contribution in [0.1, 0.15) is 20.7 Å². The van der Waals surface area contributed by atoms with Gasteiger partial charge in [0.2, 0.25) is 5.78 Å². The van der Waals surface area contributed by atoms with Crippen LogP contribution in [0.3, 0.4) is 0 Å². The molecule has 2 aromatic carbocycles. The number of benzene rings is 2. The Labute approximate surface area is 167 Å². The molecule has 1 aliphatic carbocycles. The van der Waals surface area contributed by atoms with Crippen LogP contribution in [0, 0.1) is 5.82 Å². The van der Waals surface area contributed by atoms with Crippen LogP contribution >= 0.6 is 0 Å². The number of ketones is 2. The van der Waals surface area contributed by atoms with Crippen LogP contribution < -0.4 is 9.47 Å². The van der Waals surface area contributed by atoms with E-state index in [4.69, 9.17) is 14.2 Å². The van der Waals surface area contributed by atoms with Gasteiger partial charge in [-0.25, -0.2) is 4.39 Å². The average molecular weight is 397 g/mol. The molecule has 1 aliphatic heterocycles. The molecule has 1 heterocycles. The third kappa shape index (κ3) is 4.36. The first-order valence-corrected chi connectivity index (χ1v) is 9.42. The van der Waals surface area contributed by atoms with E-state index in [2.05, 4.69) is 4.90 Å². The van der Waals surface area contributed by atoms with Crippen LogP contribution in [-0.2, 0) is 4.74 Å². The van der Waals surface area contributed by atoms with Gasteiger partial charge in [0.15, 0.2) is 11.5 Å². The summed E-state index contributed by atoms with van der Waals surface area (Å²) in [5, 5.41) is 0. The van der Waals surface area contributed by atoms with Gasteiger partial charge < -0.3 is 14.2 Å². The maximum absolute atomic E-state index is 13.1. The normalized spacial score (nSPS) is 16.9. The van der Waals surface area contributed by atoms with E-state index in [1.807, 2.05) is 0 Å². The summed E-state index contributed by atoms with van der Waals surface area (Å²) in [5.74, 6) is -0.686. The van der Waals surface area contributed by atoms with E-state index >= 15 is 0 Å². The molecule has 1 fully saturated rings. The molecule has 7 heteroatoms. The summed E-state index contributed by atoms with van der Waals surface area (Å²) in [6, 6.07) is 10.2. The number of nitrogens with zero attached hydrogens (tertiary/aromatic N) is 1. The molecule has 2 aliphatic rings. The lowest BCUT2D eigenvalue weighted by Crippen LogP contribution is -2.38. The average Bonchev–Trinajstić information content (AvgIpc) is 2.74. The van der Waals surface area contributed by atoms with Crippen molar-refractivity contribution < 1.29 is 28.2 Å². The predicted octanol–water partition coefficient (Wildman–Crippen LogP) is 2.88. The summed E-state index contributed by atoms with van der Waals surface area (Å²) in [6.45, 7) is 4.16. The van der Waals surface area contributed by atoms with E-state index < -0.39 is 11.6 Å². The van der Waals surface area contributed by atoms with E-state index in [1.54, 1.807) is 18.2 Å². The third-order valence-electron chi connectivity index (χ3n) is 4.81. The molecule has 0 bridgehead atoms. The van der Waals surface area contributed by atoms with Crippen LogP contribution in [0.15, 0.2) is 54.3 Å². The van der Waals surface area contributed by atoms with Crippen molar-refractivity contribution in [2.24, 2.45) is 0 Å². The van der Waals surface area contributed by atoms with Gasteiger partial charge in [-0.3, -0.25) is 14.5 Å². The van der Waals surface area contributed by atoms with Crippen LogP contribution in [0.2, 0.25) is 0 Å². The lowest BCUT2D eigenvalue weighted by Gasteiger charge is -2.26. The largest absolute Gasteiger partial charge is 0.491 e. The third-order valence-corrected chi connectivity index (χ3v) is 4.81. The van der Waals surface area contributed by atoms with Gasteiger partial charge in [0.05, 0.1) is 18.8 Å². The summed E-state index contributed by atoms with van der Waals surface area (Å²) in [4.78, 5) is 27.7. The number of allylic oxidation sites excluding steroid dienone is 2. The van der Waals surface area contributed by atoms with Crippen molar-refractivity contribution in [2.45, 2.75) is 0 Å². The maximum atomic E-state index is 13.1. The van der Waals surface area contributed by atoms with Gasteiger partial charge in [-0.2, -0.15) is 0 Å². The lowest BCUT2D eigenvalue weighted by molar-refractivity contribution is 0.0322. The molecular formula is C22H20FNO5. The Morgan fingerprint density at radius 1 is 1.03 bits per heavy atom. The fourth-order valence-corrected chi connectivity index (χ4v) is 3.29. The minimum atomic E-state index is -0.439. The molecule has 1 saturated heterocycles. The van der Waals surface area contributed by atoms with Crippen LogP contribution in [0.5, 0.6) is 11.5 Å². The molecule has 0 N–H and O–H groups in total. The van der Waals surface area contributed by atoms with E-state index in [9.17, 15) is 14.0 Å². The number of morpholine rings is 1. The van der Waals surface area contributed by atoms with Gasteiger partial charge >= 0.3 is 0 Å². The molecule has 6 nitrogen and oxygen atoms in total. The Morgan fingerprint density at radius 2 is 1.79 bits per heavy atom. The Morgan fingerprint density at radius 3 is 2.55 bits per heavy atom. The summed E-state index contributed by atoms with van der Waals surface area (Å²) in [6.07, 6.45) is 1.16. The fourth-order valence-electron chi connectivity index (χ4n) is 3.29. The zero-order chi connectivity index (χ0) is 20.2. The highest BCUT2D eigenvalue weighted by Gasteiger charge is 2.30. The van der Waals surface area contributed by atoms with Gasteiger partial charge in [-0.15, -0.1) is 0 Å².